The highest BCUT2D eigenvalue weighted by molar-refractivity contribution is 6.05. The molecule has 3 N–H and O–H groups in total. The number of rotatable bonds is 9. The molecule has 29 heavy (non-hydrogen) atoms. The molecule has 1 amide bonds. The number of nitrogens with zero attached hydrogens (tertiary/aromatic N) is 2. The summed E-state index contributed by atoms with van der Waals surface area (Å²) in [5.41, 5.74) is 5.44. The number of methoxy groups -OCH3 is 2. The summed E-state index contributed by atoms with van der Waals surface area (Å²) in [6.45, 7) is 2.47. The summed E-state index contributed by atoms with van der Waals surface area (Å²) >= 11 is 0. The predicted octanol–water partition coefficient (Wildman–Crippen LogP) is 1.23. The van der Waals surface area contributed by atoms with Crippen LogP contribution in [0.2, 0.25) is 0 Å². The summed E-state index contributed by atoms with van der Waals surface area (Å²) in [7, 11) is 3.04. The van der Waals surface area contributed by atoms with Gasteiger partial charge in [-0.05, 0) is 30.2 Å². The predicted molar refractivity (Wildman–Crippen MR) is 112 cm³/mol. The Morgan fingerprint density at radius 3 is 2.72 bits per heavy atom. The van der Waals surface area contributed by atoms with Gasteiger partial charge in [-0.1, -0.05) is 19.1 Å². The number of nitrogen functional groups attached to an aromatic ring is 1. The SMILES string of the molecule is CCCn1c(N)c(N(CCOC)C(=O)/C=C/c2cccc(OC)c2)c(=O)[nH]c1=O. The molecule has 0 aliphatic heterocycles. The van der Waals surface area contributed by atoms with E-state index in [1.54, 1.807) is 31.4 Å². The van der Waals surface area contributed by atoms with Gasteiger partial charge in [0.15, 0.2) is 5.69 Å². The lowest BCUT2D eigenvalue weighted by molar-refractivity contribution is -0.114. The average Bonchev–Trinajstić information content (AvgIpc) is 2.71. The van der Waals surface area contributed by atoms with E-state index in [0.717, 1.165) is 5.56 Å². The number of aromatic amines is 1. The standard InChI is InChI=1S/C20H26N4O5/c1-4-10-24-18(21)17(19(26)22-20(24)27)23(11-12-28-2)16(25)9-8-14-6-5-7-15(13-14)29-3/h5-9,13H,4,10-12,21H2,1-3H3,(H,22,26,27)/b9-8+. The fourth-order valence-corrected chi connectivity index (χ4v) is 2.80. The molecule has 0 radical (unpaired) electrons. The topological polar surface area (TPSA) is 120 Å². The van der Waals surface area contributed by atoms with Gasteiger partial charge in [0.2, 0.25) is 0 Å². The van der Waals surface area contributed by atoms with Crippen LogP contribution >= 0.6 is 0 Å². The lowest BCUT2D eigenvalue weighted by Gasteiger charge is -2.23. The number of aromatic nitrogens is 2. The van der Waals surface area contributed by atoms with Crippen LogP contribution in [0.15, 0.2) is 39.9 Å². The molecule has 0 bridgehead atoms. The third-order valence-corrected chi connectivity index (χ3v) is 4.23. The van der Waals surface area contributed by atoms with Gasteiger partial charge in [-0.15, -0.1) is 0 Å². The molecule has 2 rings (SSSR count). The number of nitrogens with one attached hydrogen (secondary N) is 1. The Morgan fingerprint density at radius 1 is 1.31 bits per heavy atom. The van der Waals surface area contributed by atoms with Crippen LogP contribution in [-0.2, 0) is 16.1 Å². The van der Waals surface area contributed by atoms with Crippen LogP contribution < -0.4 is 26.6 Å². The Balaban J connectivity index is 2.44. The largest absolute Gasteiger partial charge is 0.497 e. The van der Waals surface area contributed by atoms with Crippen LogP contribution in [0.25, 0.3) is 6.08 Å². The molecular formula is C20H26N4O5. The second kappa shape index (κ2) is 10.3. The number of hydrogen-bond acceptors (Lipinski definition) is 6. The molecule has 0 fully saturated rings. The molecule has 9 heteroatoms. The number of ether oxygens (including phenoxy) is 2. The first-order valence-electron chi connectivity index (χ1n) is 9.18. The second-order valence-electron chi connectivity index (χ2n) is 6.24. The van der Waals surface area contributed by atoms with E-state index in [2.05, 4.69) is 4.98 Å². The number of nitrogens with two attached hydrogens (primary N) is 1. The Bertz CT molecular complexity index is 993. The lowest BCUT2D eigenvalue weighted by Crippen LogP contribution is -2.42. The van der Waals surface area contributed by atoms with Crippen LogP contribution in [0.5, 0.6) is 5.75 Å². The third-order valence-electron chi connectivity index (χ3n) is 4.23. The van der Waals surface area contributed by atoms with Crippen molar-refractivity contribution in [2.75, 3.05) is 38.0 Å². The van der Waals surface area contributed by atoms with E-state index in [0.29, 0.717) is 18.7 Å². The van der Waals surface area contributed by atoms with E-state index in [1.807, 2.05) is 13.0 Å². The van der Waals surface area contributed by atoms with E-state index < -0.39 is 17.2 Å². The molecular weight excluding hydrogens is 376 g/mol. The van der Waals surface area contributed by atoms with Crippen LogP contribution in [0.1, 0.15) is 18.9 Å². The molecule has 0 unspecified atom stereocenters. The fraction of sp³-hybridized carbons (Fsp3) is 0.350. The lowest BCUT2D eigenvalue weighted by atomic mass is 10.2. The molecule has 2 aromatic rings. The fourth-order valence-electron chi connectivity index (χ4n) is 2.80. The zero-order valence-corrected chi connectivity index (χ0v) is 16.8. The summed E-state index contributed by atoms with van der Waals surface area (Å²) in [4.78, 5) is 40.8. The Morgan fingerprint density at radius 2 is 2.07 bits per heavy atom. The summed E-state index contributed by atoms with van der Waals surface area (Å²) in [5, 5.41) is 0. The first kappa shape index (κ1) is 22.0. The molecule has 0 aliphatic carbocycles. The molecule has 156 valence electrons. The maximum absolute atomic E-state index is 12.9. The summed E-state index contributed by atoms with van der Waals surface area (Å²) < 4.78 is 11.5. The van der Waals surface area contributed by atoms with E-state index in [4.69, 9.17) is 15.2 Å². The highest BCUT2D eigenvalue weighted by Crippen LogP contribution is 2.18. The maximum Gasteiger partial charge on any atom is 0.330 e. The molecule has 0 saturated carbocycles. The normalized spacial score (nSPS) is 11.0. The van der Waals surface area contributed by atoms with Crippen molar-refractivity contribution < 1.29 is 14.3 Å². The summed E-state index contributed by atoms with van der Waals surface area (Å²) in [6, 6.07) is 7.18. The van der Waals surface area contributed by atoms with Crippen LogP contribution in [0, 0.1) is 0 Å². The zero-order chi connectivity index (χ0) is 21.4. The van der Waals surface area contributed by atoms with Crippen LogP contribution in [0.4, 0.5) is 11.5 Å². The van der Waals surface area contributed by atoms with Gasteiger partial charge in [-0.25, -0.2) is 4.79 Å². The van der Waals surface area contributed by atoms with Crippen LogP contribution in [-0.4, -0.2) is 42.8 Å². The number of carbonyl (C=O) groups excluding carboxylic acids is 1. The van der Waals surface area contributed by atoms with Gasteiger partial charge in [-0.2, -0.15) is 0 Å². The van der Waals surface area contributed by atoms with Crippen molar-refractivity contribution in [3.05, 3.63) is 56.7 Å². The minimum absolute atomic E-state index is 0.0557. The van der Waals surface area contributed by atoms with E-state index >= 15 is 0 Å². The molecule has 1 aromatic carbocycles. The quantitative estimate of drug-likeness (QED) is 0.609. The van der Waals surface area contributed by atoms with Crippen molar-refractivity contribution in [3.8, 4) is 5.75 Å². The first-order chi connectivity index (χ1) is 13.9. The Hall–Kier alpha value is -3.33. The monoisotopic (exact) mass is 402 g/mol. The number of carbonyl (C=O) groups is 1. The third kappa shape index (κ3) is 5.35. The van der Waals surface area contributed by atoms with Crippen molar-refractivity contribution in [1.82, 2.24) is 9.55 Å². The molecule has 0 aliphatic rings. The number of hydrogen-bond donors (Lipinski definition) is 2. The average molecular weight is 402 g/mol. The van der Waals surface area contributed by atoms with E-state index in [9.17, 15) is 14.4 Å². The van der Waals surface area contributed by atoms with Gasteiger partial charge in [0.05, 0.1) is 13.7 Å². The number of anilines is 2. The van der Waals surface area contributed by atoms with Gasteiger partial charge < -0.3 is 15.2 Å². The van der Waals surface area contributed by atoms with Crippen molar-refractivity contribution in [2.24, 2.45) is 0 Å². The maximum atomic E-state index is 12.9. The van der Waals surface area contributed by atoms with Crippen molar-refractivity contribution >= 4 is 23.5 Å². The molecule has 0 spiro atoms. The van der Waals surface area contributed by atoms with Crippen molar-refractivity contribution in [2.45, 2.75) is 19.9 Å². The van der Waals surface area contributed by atoms with Gasteiger partial charge in [0, 0.05) is 26.3 Å². The minimum atomic E-state index is -0.723. The summed E-state index contributed by atoms with van der Waals surface area (Å²) in [6.07, 6.45) is 3.58. The van der Waals surface area contributed by atoms with E-state index in [-0.39, 0.29) is 24.7 Å². The first-order valence-corrected chi connectivity index (χ1v) is 9.18. The minimum Gasteiger partial charge on any atom is -0.497 e. The van der Waals surface area contributed by atoms with E-state index in [1.165, 1.54) is 22.7 Å². The molecule has 9 nitrogen and oxygen atoms in total. The highest BCUT2D eigenvalue weighted by atomic mass is 16.5. The molecule has 1 aromatic heterocycles. The number of amides is 1. The zero-order valence-electron chi connectivity index (χ0n) is 16.8. The second-order valence-corrected chi connectivity index (χ2v) is 6.24. The number of benzene rings is 1. The Labute approximate surface area is 168 Å². The number of H-pyrrole nitrogens is 1. The van der Waals surface area contributed by atoms with Crippen LogP contribution in [0.3, 0.4) is 0 Å². The van der Waals surface area contributed by atoms with Gasteiger partial charge in [0.1, 0.15) is 11.6 Å². The summed E-state index contributed by atoms with van der Waals surface area (Å²) in [5.74, 6) is 0.131. The molecule has 1 heterocycles. The molecule has 0 atom stereocenters. The van der Waals surface area contributed by atoms with Gasteiger partial charge >= 0.3 is 5.69 Å². The smallest absolute Gasteiger partial charge is 0.330 e. The Kier molecular flexibility index (Phi) is 7.79. The van der Waals surface area contributed by atoms with Gasteiger partial charge in [-0.3, -0.25) is 24.0 Å². The van der Waals surface area contributed by atoms with Gasteiger partial charge in [0.25, 0.3) is 11.5 Å². The highest BCUT2D eigenvalue weighted by Gasteiger charge is 2.22. The van der Waals surface area contributed by atoms with Crippen molar-refractivity contribution in [3.63, 3.8) is 0 Å². The molecule has 0 saturated heterocycles. The van der Waals surface area contributed by atoms with Crippen molar-refractivity contribution in [1.29, 1.82) is 0 Å².